The molecule has 0 rings (SSSR count). The highest BCUT2D eigenvalue weighted by Gasteiger charge is 2.16. The van der Waals surface area contributed by atoms with Crippen molar-refractivity contribution in [2.75, 3.05) is 6.61 Å². The van der Waals surface area contributed by atoms with E-state index in [1.54, 1.807) is 13.0 Å². The van der Waals surface area contributed by atoms with Gasteiger partial charge in [-0.05, 0) is 27.7 Å². The van der Waals surface area contributed by atoms with Gasteiger partial charge in [-0.1, -0.05) is 11.6 Å². The van der Waals surface area contributed by atoms with Crippen LogP contribution in [0.25, 0.3) is 0 Å². The van der Waals surface area contributed by atoms with Crippen LogP contribution in [0.15, 0.2) is 11.6 Å². The number of hydrogen-bond donors (Lipinski definition) is 0. The largest absolute Gasteiger partial charge is 0.466 e. The summed E-state index contributed by atoms with van der Waals surface area (Å²) in [4.78, 5) is 22.3. The van der Waals surface area contributed by atoms with Crippen molar-refractivity contribution in [1.29, 1.82) is 0 Å². The van der Waals surface area contributed by atoms with E-state index in [4.69, 9.17) is 4.74 Å². The number of rotatable bonds is 5. The zero-order valence-electron chi connectivity index (χ0n) is 9.29. The van der Waals surface area contributed by atoms with E-state index in [-0.39, 0.29) is 24.1 Å². The second kappa shape index (κ2) is 6.35. The Morgan fingerprint density at radius 3 is 2.21 bits per heavy atom. The van der Waals surface area contributed by atoms with Gasteiger partial charge < -0.3 is 4.74 Å². The Morgan fingerprint density at radius 1 is 1.29 bits per heavy atom. The first-order chi connectivity index (χ1) is 6.47. The number of hydrogen-bond acceptors (Lipinski definition) is 3. The van der Waals surface area contributed by atoms with E-state index in [1.165, 1.54) is 6.92 Å². The van der Waals surface area contributed by atoms with Crippen molar-refractivity contribution in [3.63, 3.8) is 0 Å². The Balaban J connectivity index is 4.31. The smallest absolute Gasteiger partial charge is 0.306 e. The molecule has 3 heteroatoms. The zero-order chi connectivity index (χ0) is 11.1. The standard InChI is InChI=1S/C11H18O3/c1-5-14-11(13)7-10(9(4)12)6-8(2)3/h6,10H,5,7H2,1-4H3. The Morgan fingerprint density at radius 2 is 1.86 bits per heavy atom. The number of allylic oxidation sites excluding steroid dienone is 2. The summed E-state index contributed by atoms with van der Waals surface area (Å²) in [7, 11) is 0. The molecule has 0 bridgehead atoms. The molecule has 0 aromatic rings. The molecule has 3 nitrogen and oxygen atoms in total. The van der Waals surface area contributed by atoms with Crippen LogP contribution in [-0.4, -0.2) is 18.4 Å². The fraction of sp³-hybridized carbons (Fsp3) is 0.636. The summed E-state index contributed by atoms with van der Waals surface area (Å²) < 4.78 is 4.78. The van der Waals surface area contributed by atoms with Gasteiger partial charge in [0.25, 0.3) is 0 Å². The van der Waals surface area contributed by atoms with Crippen LogP contribution in [0.1, 0.15) is 34.1 Å². The van der Waals surface area contributed by atoms with E-state index in [1.807, 2.05) is 13.8 Å². The SMILES string of the molecule is CCOC(=O)CC(C=C(C)C)C(C)=O. The van der Waals surface area contributed by atoms with Crippen molar-refractivity contribution >= 4 is 11.8 Å². The Labute approximate surface area is 85.1 Å². The van der Waals surface area contributed by atoms with Crippen molar-refractivity contribution < 1.29 is 14.3 Å². The first kappa shape index (κ1) is 12.9. The first-order valence-electron chi connectivity index (χ1n) is 4.78. The lowest BCUT2D eigenvalue weighted by Crippen LogP contribution is -2.16. The van der Waals surface area contributed by atoms with Gasteiger partial charge in [-0.15, -0.1) is 0 Å². The van der Waals surface area contributed by atoms with E-state index in [0.29, 0.717) is 6.61 Å². The van der Waals surface area contributed by atoms with Crippen LogP contribution in [0.2, 0.25) is 0 Å². The highest BCUT2D eigenvalue weighted by Crippen LogP contribution is 2.10. The number of carbonyl (C=O) groups is 2. The lowest BCUT2D eigenvalue weighted by Gasteiger charge is -2.08. The van der Waals surface area contributed by atoms with Crippen molar-refractivity contribution in [3.05, 3.63) is 11.6 Å². The summed E-state index contributed by atoms with van der Waals surface area (Å²) in [5.74, 6) is -0.650. The highest BCUT2D eigenvalue weighted by molar-refractivity contribution is 5.85. The summed E-state index contributed by atoms with van der Waals surface area (Å²) >= 11 is 0. The molecule has 0 aliphatic heterocycles. The van der Waals surface area contributed by atoms with Gasteiger partial charge in [-0.25, -0.2) is 0 Å². The number of ketones is 1. The molecule has 80 valence electrons. The van der Waals surface area contributed by atoms with Crippen LogP contribution in [0, 0.1) is 5.92 Å². The maximum absolute atomic E-state index is 11.2. The van der Waals surface area contributed by atoms with E-state index in [2.05, 4.69) is 0 Å². The molecular weight excluding hydrogens is 180 g/mol. The Bertz CT molecular complexity index is 237. The Hall–Kier alpha value is -1.12. The zero-order valence-corrected chi connectivity index (χ0v) is 9.29. The molecule has 0 saturated carbocycles. The first-order valence-corrected chi connectivity index (χ1v) is 4.78. The Kier molecular flexibility index (Phi) is 5.84. The third kappa shape index (κ3) is 5.51. The van der Waals surface area contributed by atoms with E-state index >= 15 is 0 Å². The number of carbonyl (C=O) groups excluding carboxylic acids is 2. The molecule has 1 unspecified atom stereocenters. The molecule has 1 atom stereocenters. The molecule has 0 radical (unpaired) electrons. The summed E-state index contributed by atoms with van der Waals surface area (Å²) in [6.45, 7) is 7.41. The molecule has 14 heavy (non-hydrogen) atoms. The van der Waals surface area contributed by atoms with E-state index in [0.717, 1.165) is 5.57 Å². The summed E-state index contributed by atoms with van der Waals surface area (Å²) in [6.07, 6.45) is 1.95. The predicted octanol–water partition coefficient (Wildman–Crippen LogP) is 2.11. The quantitative estimate of drug-likeness (QED) is 0.502. The van der Waals surface area contributed by atoms with Crippen molar-refractivity contribution in [2.45, 2.75) is 34.1 Å². The fourth-order valence-corrected chi connectivity index (χ4v) is 1.12. The maximum Gasteiger partial charge on any atom is 0.306 e. The summed E-state index contributed by atoms with van der Waals surface area (Å²) in [5, 5.41) is 0. The second-order valence-electron chi connectivity index (χ2n) is 3.47. The molecule has 0 spiro atoms. The number of esters is 1. The topological polar surface area (TPSA) is 43.4 Å². The second-order valence-corrected chi connectivity index (χ2v) is 3.47. The van der Waals surface area contributed by atoms with Crippen LogP contribution in [-0.2, 0) is 14.3 Å². The fourth-order valence-electron chi connectivity index (χ4n) is 1.12. The van der Waals surface area contributed by atoms with Crippen LogP contribution in [0.4, 0.5) is 0 Å². The van der Waals surface area contributed by atoms with Gasteiger partial charge in [0, 0.05) is 5.92 Å². The minimum Gasteiger partial charge on any atom is -0.466 e. The average Bonchev–Trinajstić information content (AvgIpc) is 2.02. The van der Waals surface area contributed by atoms with Crippen molar-refractivity contribution in [2.24, 2.45) is 5.92 Å². The minimum absolute atomic E-state index is 0.000692. The van der Waals surface area contributed by atoms with Gasteiger partial charge in [-0.2, -0.15) is 0 Å². The van der Waals surface area contributed by atoms with E-state index in [9.17, 15) is 9.59 Å². The van der Waals surface area contributed by atoms with Gasteiger partial charge in [0.1, 0.15) is 5.78 Å². The third-order valence-electron chi connectivity index (χ3n) is 1.75. The number of ether oxygens (including phenoxy) is 1. The highest BCUT2D eigenvalue weighted by atomic mass is 16.5. The molecule has 0 heterocycles. The molecule has 0 aromatic carbocycles. The number of Topliss-reactive ketones (excluding diaryl/α,β-unsaturated/α-hetero) is 1. The minimum atomic E-state index is -0.334. The molecular formula is C11H18O3. The summed E-state index contributed by atoms with van der Waals surface area (Å²) in [5.41, 5.74) is 1.04. The molecule has 0 aliphatic carbocycles. The normalized spacial score (nSPS) is 11.7. The maximum atomic E-state index is 11.2. The van der Waals surface area contributed by atoms with Crippen LogP contribution in [0.3, 0.4) is 0 Å². The van der Waals surface area contributed by atoms with Gasteiger partial charge in [-0.3, -0.25) is 9.59 Å². The lowest BCUT2D eigenvalue weighted by atomic mass is 9.99. The molecule has 0 amide bonds. The van der Waals surface area contributed by atoms with Crippen molar-refractivity contribution in [3.8, 4) is 0 Å². The predicted molar refractivity (Wildman–Crippen MR) is 54.9 cm³/mol. The average molecular weight is 198 g/mol. The monoisotopic (exact) mass is 198 g/mol. The molecule has 0 aliphatic rings. The molecule has 0 fully saturated rings. The van der Waals surface area contributed by atoms with Crippen LogP contribution < -0.4 is 0 Å². The van der Waals surface area contributed by atoms with Crippen molar-refractivity contribution in [1.82, 2.24) is 0 Å². The van der Waals surface area contributed by atoms with E-state index < -0.39 is 0 Å². The molecule has 0 aromatic heterocycles. The van der Waals surface area contributed by atoms with Gasteiger partial charge >= 0.3 is 5.97 Å². The van der Waals surface area contributed by atoms with Gasteiger partial charge in [0.2, 0.25) is 0 Å². The van der Waals surface area contributed by atoms with Gasteiger partial charge in [0.15, 0.2) is 0 Å². The lowest BCUT2D eigenvalue weighted by molar-refractivity contribution is -0.145. The third-order valence-corrected chi connectivity index (χ3v) is 1.75. The van der Waals surface area contributed by atoms with Gasteiger partial charge in [0.05, 0.1) is 13.0 Å². The molecule has 0 N–H and O–H groups in total. The summed E-state index contributed by atoms with van der Waals surface area (Å²) in [6, 6.07) is 0. The van der Waals surface area contributed by atoms with Crippen LogP contribution in [0.5, 0.6) is 0 Å². The van der Waals surface area contributed by atoms with Crippen LogP contribution >= 0.6 is 0 Å². The molecule has 0 saturated heterocycles.